The zero-order chi connectivity index (χ0) is 11.2. The molecule has 2 atom stereocenters. The van der Waals surface area contributed by atoms with E-state index in [-0.39, 0.29) is 0 Å². The summed E-state index contributed by atoms with van der Waals surface area (Å²) in [6, 6.07) is 0.593. The van der Waals surface area contributed by atoms with Crippen LogP contribution in [0.15, 0.2) is 0 Å². The van der Waals surface area contributed by atoms with Crippen LogP contribution in [0.1, 0.15) is 32.6 Å². The van der Waals surface area contributed by atoms with Crippen molar-refractivity contribution in [1.29, 1.82) is 0 Å². The zero-order valence-electron chi connectivity index (χ0n) is 10.6. The summed E-state index contributed by atoms with van der Waals surface area (Å²) in [4.78, 5) is 2.65. The van der Waals surface area contributed by atoms with Gasteiger partial charge >= 0.3 is 0 Å². The molecular formula is C13H26N2O. The van der Waals surface area contributed by atoms with E-state index in [1.807, 2.05) is 0 Å². The van der Waals surface area contributed by atoms with Gasteiger partial charge in [0, 0.05) is 19.1 Å². The average Bonchev–Trinajstić information content (AvgIpc) is 2.38. The third kappa shape index (κ3) is 3.72. The zero-order valence-corrected chi connectivity index (χ0v) is 10.6. The molecule has 2 fully saturated rings. The second kappa shape index (κ2) is 6.58. The summed E-state index contributed by atoms with van der Waals surface area (Å²) in [5, 5.41) is 3.53. The Morgan fingerprint density at radius 2 is 2.38 bits per heavy atom. The van der Waals surface area contributed by atoms with Gasteiger partial charge < -0.3 is 15.0 Å². The molecule has 0 aromatic carbocycles. The normalized spacial score (nSPS) is 32.8. The Labute approximate surface area is 99.5 Å². The number of nitrogens with zero attached hydrogens (tertiary/aromatic N) is 1. The molecule has 16 heavy (non-hydrogen) atoms. The molecule has 0 saturated carbocycles. The number of likely N-dealkylation sites (tertiary alicyclic amines) is 1. The van der Waals surface area contributed by atoms with Gasteiger partial charge in [-0.2, -0.15) is 0 Å². The number of rotatable bonds is 4. The van der Waals surface area contributed by atoms with Crippen LogP contribution >= 0.6 is 0 Å². The van der Waals surface area contributed by atoms with Crippen LogP contribution in [0.2, 0.25) is 0 Å². The lowest BCUT2D eigenvalue weighted by molar-refractivity contribution is 0.0668. The molecule has 0 aromatic rings. The SMILES string of the molecule is CCC1CCCN(CCC2COCCN2)C1. The average molecular weight is 226 g/mol. The van der Waals surface area contributed by atoms with E-state index in [2.05, 4.69) is 17.1 Å². The molecule has 2 saturated heterocycles. The molecule has 0 bridgehead atoms. The highest BCUT2D eigenvalue weighted by atomic mass is 16.5. The first-order valence-corrected chi connectivity index (χ1v) is 6.92. The maximum Gasteiger partial charge on any atom is 0.0620 e. The van der Waals surface area contributed by atoms with Gasteiger partial charge in [-0.05, 0) is 38.3 Å². The minimum absolute atomic E-state index is 0.593. The van der Waals surface area contributed by atoms with E-state index in [0.717, 1.165) is 25.7 Å². The van der Waals surface area contributed by atoms with Gasteiger partial charge in [0.1, 0.15) is 0 Å². The minimum Gasteiger partial charge on any atom is -0.379 e. The molecule has 2 rings (SSSR count). The summed E-state index contributed by atoms with van der Waals surface area (Å²) < 4.78 is 5.48. The predicted molar refractivity (Wildman–Crippen MR) is 66.7 cm³/mol. The summed E-state index contributed by atoms with van der Waals surface area (Å²) in [6.45, 7) is 9.03. The molecule has 2 unspecified atom stereocenters. The fourth-order valence-electron chi connectivity index (χ4n) is 2.83. The lowest BCUT2D eigenvalue weighted by Gasteiger charge is -2.33. The van der Waals surface area contributed by atoms with Gasteiger partial charge in [0.25, 0.3) is 0 Å². The summed E-state index contributed by atoms with van der Waals surface area (Å²) in [5.74, 6) is 0.948. The molecule has 3 nitrogen and oxygen atoms in total. The van der Waals surface area contributed by atoms with E-state index < -0.39 is 0 Å². The molecular weight excluding hydrogens is 200 g/mol. The molecule has 2 aliphatic rings. The molecule has 94 valence electrons. The molecule has 0 aliphatic carbocycles. The van der Waals surface area contributed by atoms with Crippen LogP contribution in [0.25, 0.3) is 0 Å². The Bertz CT molecular complexity index is 192. The molecule has 2 aliphatic heterocycles. The van der Waals surface area contributed by atoms with Crippen LogP contribution in [-0.2, 0) is 4.74 Å². The Balaban J connectivity index is 1.64. The highest BCUT2D eigenvalue weighted by Crippen LogP contribution is 2.19. The largest absolute Gasteiger partial charge is 0.379 e. The van der Waals surface area contributed by atoms with Crippen molar-refractivity contribution in [1.82, 2.24) is 10.2 Å². The lowest BCUT2D eigenvalue weighted by Crippen LogP contribution is -2.44. The molecule has 0 radical (unpaired) electrons. The monoisotopic (exact) mass is 226 g/mol. The van der Waals surface area contributed by atoms with E-state index in [4.69, 9.17) is 4.74 Å². The second-order valence-corrected chi connectivity index (χ2v) is 5.23. The number of hydrogen-bond donors (Lipinski definition) is 1. The van der Waals surface area contributed by atoms with Gasteiger partial charge in [-0.1, -0.05) is 13.3 Å². The highest BCUT2D eigenvalue weighted by molar-refractivity contribution is 4.76. The molecule has 1 N–H and O–H groups in total. The van der Waals surface area contributed by atoms with Crippen LogP contribution in [0.5, 0.6) is 0 Å². The van der Waals surface area contributed by atoms with E-state index in [1.54, 1.807) is 0 Å². The van der Waals surface area contributed by atoms with Crippen molar-refractivity contribution in [2.24, 2.45) is 5.92 Å². The predicted octanol–water partition coefficient (Wildman–Crippen LogP) is 1.49. The van der Waals surface area contributed by atoms with E-state index in [0.29, 0.717) is 6.04 Å². The van der Waals surface area contributed by atoms with E-state index in [9.17, 15) is 0 Å². The first-order chi connectivity index (χ1) is 7.88. The van der Waals surface area contributed by atoms with Crippen molar-refractivity contribution in [2.75, 3.05) is 39.4 Å². The van der Waals surface area contributed by atoms with Crippen molar-refractivity contribution in [3.63, 3.8) is 0 Å². The van der Waals surface area contributed by atoms with Crippen LogP contribution in [-0.4, -0.2) is 50.3 Å². The standard InChI is InChI=1S/C13H26N2O/c1-2-12-4-3-7-15(10-12)8-5-13-11-16-9-6-14-13/h12-14H,2-11H2,1H3. The summed E-state index contributed by atoms with van der Waals surface area (Å²) in [6.07, 6.45) is 5.43. The summed E-state index contributed by atoms with van der Waals surface area (Å²) in [5.41, 5.74) is 0. The molecule has 3 heteroatoms. The van der Waals surface area contributed by atoms with Crippen molar-refractivity contribution in [2.45, 2.75) is 38.6 Å². The third-order valence-corrected chi connectivity index (χ3v) is 3.97. The highest BCUT2D eigenvalue weighted by Gasteiger charge is 2.20. The Morgan fingerprint density at radius 1 is 1.44 bits per heavy atom. The Morgan fingerprint density at radius 3 is 3.12 bits per heavy atom. The van der Waals surface area contributed by atoms with Crippen LogP contribution in [0.3, 0.4) is 0 Å². The fourth-order valence-corrected chi connectivity index (χ4v) is 2.83. The molecule has 0 aromatic heterocycles. The van der Waals surface area contributed by atoms with Crippen molar-refractivity contribution >= 4 is 0 Å². The first-order valence-electron chi connectivity index (χ1n) is 6.92. The van der Waals surface area contributed by atoms with Crippen LogP contribution < -0.4 is 5.32 Å². The number of nitrogens with one attached hydrogen (secondary N) is 1. The Hall–Kier alpha value is -0.120. The van der Waals surface area contributed by atoms with Gasteiger partial charge in [-0.15, -0.1) is 0 Å². The molecule has 0 spiro atoms. The van der Waals surface area contributed by atoms with E-state index >= 15 is 0 Å². The van der Waals surface area contributed by atoms with Gasteiger partial charge in [0.05, 0.1) is 13.2 Å². The van der Waals surface area contributed by atoms with Gasteiger partial charge in [-0.25, -0.2) is 0 Å². The Kier molecular flexibility index (Phi) is 5.07. The number of piperidine rings is 1. The smallest absolute Gasteiger partial charge is 0.0620 e. The van der Waals surface area contributed by atoms with Gasteiger partial charge in [-0.3, -0.25) is 0 Å². The maximum absolute atomic E-state index is 5.48. The maximum atomic E-state index is 5.48. The fraction of sp³-hybridized carbons (Fsp3) is 1.00. The van der Waals surface area contributed by atoms with Gasteiger partial charge in [0.15, 0.2) is 0 Å². The topological polar surface area (TPSA) is 24.5 Å². The summed E-state index contributed by atoms with van der Waals surface area (Å²) >= 11 is 0. The van der Waals surface area contributed by atoms with E-state index in [1.165, 1.54) is 45.3 Å². The van der Waals surface area contributed by atoms with Crippen molar-refractivity contribution < 1.29 is 4.74 Å². The number of morpholine rings is 1. The number of hydrogen-bond acceptors (Lipinski definition) is 3. The lowest BCUT2D eigenvalue weighted by atomic mass is 9.95. The number of ether oxygens (including phenoxy) is 1. The van der Waals surface area contributed by atoms with Gasteiger partial charge in [0.2, 0.25) is 0 Å². The van der Waals surface area contributed by atoms with Crippen LogP contribution in [0.4, 0.5) is 0 Å². The summed E-state index contributed by atoms with van der Waals surface area (Å²) in [7, 11) is 0. The van der Waals surface area contributed by atoms with Crippen LogP contribution in [0, 0.1) is 5.92 Å². The van der Waals surface area contributed by atoms with Crippen molar-refractivity contribution in [3.05, 3.63) is 0 Å². The first kappa shape index (κ1) is 12.3. The minimum atomic E-state index is 0.593. The molecule has 2 heterocycles. The second-order valence-electron chi connectivity index (χ2n) is 5.23. The molecule has 0 amide bonds. The quantitative estimate of drug-likeness (QED) is 0.786. The van der Waals surface area contributed by atoms with Crippen molar-refractivity contribution in [3.8, 4) is 0 Å². The third-order valence-electron chi connectivity index (χ3n) is 3.97.